The molecule has 116 valence electrons. The number of carboxylic acids is 1. The number of aliphatic carboxylic acids is 1. The van der Waals surface area contributed by atoms with E-state index in [0.29, 0.717) is 12.2 Å². The van der Waals surface area contributed by atoms with Crippen LogP contribution in [0.1, 0.15) is 25.0 Å². The first kappa shape index (κ1) is 15.2. The number of carbonyl (C=O) groups is 2. The number of likely N-dealkylation sites (tertiary alicyclic amines) is 1. The molecule has 1 unspecified atom stereocenters. The van der Waals surface area contributed by atoms with E-state index in [1.807, 2.05) is 0 Å². The summed E-state index contributed by atoms with van der Waals surface area (Å²) in [6.45, 7) is 0.498. The van der Waals surface area contributed by atoms with Crippen molar-refractivity contribution in [3.8, 4) is 0 Å². The Balaban J connectivity index is 1.85. The Hall–Kier alpha value is -2.16. The largest absolute Gasteiger partial charge is 0.480 e. The molecule has 0 aliphatic carbocycles. The van der Waals surface area contributed by atoms with E-state index in [4.69, 9.17) is 5.11 Å². The van der Waals surface area contributed by atoms with Crippen molar-refractivity contribution in [3.05, 3.63) is 11.9 Å². The molecule has 1 saturated heterocycles. The molecule has 0 spiro atoms. The predicted molar refractivity (Wildman–Crippen MR) is 71.3 cm³/mol. The lowest BCUT2D eigenvalue weighted by molar-refractivity contribution is -0.137. The van der Waals surface area contributed by atoms with Crippen LogP contribution in [0.25, 0.3) is 0 Å². The number of rotatable bonds is 5. The highest BCUT2D eigenvalue weighted by Gasteiger charge is 2.25. The molecule has 2 heterocycles. The summed E-state index contributed by atoms with van der Waals surface area (Å²) < 4.78 is 1.20. The maximum Gasteiger partial charge on any atom is 0.325 e. The van der Waals surface area contributed by atoms with Gasteiger partial charge in [-0.3, -0.25) is 4.79 Å². The fourth-order valence-electron chi connectivity index (χ4n) is 2.36. The van der Waals surface area contributed by atoms with Crippen LogP contribution in [-0.4, -0.2) is 61.3 Å². The highest BCUT2D eigenvalue weighted by atomic mass is 16.4. The molecule has 9 heteroatoms. The topological polar surface area (TPSA) is 121 Å². The van der Waals surface area contributed by atoms with Crippen molar-refractivity contribution in [2.75, 3.05) is 13.2 Å². The van der Waals surface area contributed by atoms with Gasteiger partial charge in [0.25, 0.3) is 0 Å². The molecule has 2 amide bonds. The van der Waals surface area contributed by atoms with E-state index < -0.39 is 5.97 Å². The smallest absolute Gasteiger partial charge is 0.325 e. The first-order valence-electron chi connectivity index (χ1n) is 6.86. The van der Waals surface area contributed by atoms with E-state index in [2.05, 4.69) is 15.6 Å². The predicted octanol–water partition coefficient (Wildman–Crippen LogP) is -0.581. The molecule has 0 bridgehead atoms. The lowest BCUT2D eigenvalue weighted by atomic mass is 10.0. The van der Waals surface area contributed by atoms with Gasteiger partial charge in [0.2, 0.25) is 0 Å². The summed E-state index contributed by atoms with van der Waals surface area (Å²) in [6.07, 6.45) is 4.23. The minimum atomic E-state index is -1.01. The summed E-state index contributed by atoms with van der Waals surface area (Å²) >= 11 is 0. The molecule has 2 rings (SSSR count). The lowest BCUT2D eigenvalue weighted by Crippen LogP contribution is -2.49. The Labute approximate surface area is 121 Å². The Kier molecular flexibility index (Phi) is 5.09. The number of nitrogens with zero attached hydrogens (tertiary/aromatic N) is 4. The summed E-state index contributed by atoms with van der Waals surface area (Å²) in [5.41, 5.74) is 0.488. The highest BCUT2D eigenvalue weighted by molar-refractivity contribution is 5.74. The van der Waals surface area contributed by atoms with Crippen molar-refractivity contribution in [1.82, 2.24) is 25.2 Å². The second-order valence-electron chi connectivity index (χ2n) is 4.99. The Bertz CT molecular complexity index is 504. The lowest BCUT2D eigenvalue weighted by Gasteiger charge is -2.34. The van der Waals surface area contributed by atoms with Crippen molar-refractivity contribution in [1.29, 1.82) is 0 Å². The van der Waals surface area contributed by atoms with Gasteiger partial charge < -0.3 is 20.4 Å². The molecule has 9 nitrogen and oxygen atoms in total. The van der Waals surface area contributed by atoms with Crippen molar-refractivity contribution in [3.63, 3.8) is 0 Å². The summed E-state index contributed by atoms with van der Waals surface area (Å²) in [5.74, 6) is -1.01. The molecule has 3 N–H and O–H groups in total. The molecule has 21 heavy (non-hydrogen) atoms. The standard InChI is InChI=1S/C12H19N5O4/c18-8-10-3-1-2-4-17(10)12(21)13-5-9-6-16(15-14-9)7-11(19)20/h6,10,18H,1-5,7-8H2,(H,13,21)(H,19,20). The van der Waals surface area contributed by atoms with Crippen molar-refractivity contribution >= 4 is 12.0 Å². The van der Waals surface area contributed by atoms with Crippen LogP contribution in [0.3, 0.4) is 0 Å². The number of hydrogen-bond donors (Lipinski definition) is 3. The monoisotopic (exact) mass is 297 g/mol. The average Bonchev–Trinajstić information content (AvgIpc) is 2.91. The van der Waals surface area contributed by atoms with Gasteiger partial charge in [-0.1, -0.05) is 5.21 Å². The van der Waals surface area contributed by atoms with Crippen LogP contribution < -0.4 is 5.32 Å². The van der Waals surface area contributed by atoms with Gasteiger partial charge in [0.15, 0.2) is 0 Å². The number of nitrogens with one attached hydrogen (secondary N) is 1. The van der Waals surface area contributed by atoms with Gasteiger partial charge in [0, 0.05) is 6.54 Å². The summed E-state index contributed by atoms with van der Waals surface area (Å²) in [6, 6.07) is -0.386. The maximum atomic E-state index is 12.1. The molecule has 0 aromatic carbocycles. The normalized spacial score (nSPS) is 18.5. The van der Waals surface area contributed by atoms with E-state index >= 15 is 0 Å². The van der Waals surface area contributed by atoms with E-state index in [-0.39, 0.29) is 31.8 Å². The zero-order chi connectivity index (χ0) is 15.2. The molecule has 0 radical (unpaired) electrons. The van der Waals surface area contributed by atoms with Crippen LogP contribution >= 0.6 is 0 Å². The second-order valence-corrected chi connectivity index (χ2v) is 4.99. The molecule has 1 aromatic rings. The third-order valence-electron chi connectivity index (χ3n) is 3.40. The third-order valence-corrected chi connectivity index (χ3v) is 3.40. The Morgan fingerprint density at radius 3 is 2.95 bits per heavy atom. The average molecular weight is 297 g/mol. The number of amides is 2. The van der Waals surface area contributed by atoms with Gasteiger partial charge in [-0.15, -0.1) is 5.10 Å². The number of carbonyl (C=O) groups excluding carboxylic acids is 1. The van der Waals surface area contributed by atoms with Gasteiger partial charge in [-0.25, -0.2) is 9.48 Å². The van der Waals surface area contributed by atoms with E-state index in [1.165, 1.54) is 10.9 Å². The Morgan fingerprint density at radius 2 is 2.24 bits per heavy atom. The molecule has 1 aliphatic rings. The van der Waals surface area contributed by atoms with Gasteiger partial charge in [0.1, 0.15) is 12.2 Å². The summed E-state index contributed by atoms with van der Waals surface area (Å²) in [5, 5.41) is 28.1. The summed E-state index contributed by atoms with van der Waals surface area (Å²) in [7, 11) is 0. The van der Waals surface area contributed by atoms with Gasteiger partial charge in [-0.2, -0.15) is 0 Å². The zero-order valence-corrected chi connectivity index (χ0v) is 11.6. The summed E-state index contributed by atoms with van der Waals surface area (Å²) in [4.78, 5) is 24.2. The van der Waals surface area contributed by atoms with Crippen LogP contribution in [0.5, 0.6) is 0 Å². The SMILES string of the molecule is O=C(O)Cn1cc(CNC(=O)N2CCCCC2CO)nn1. The Morgan fingerprint density at radius 1 is 1.43 bits per heavy atom. The maximum absolute atomic E-state index is 12.1. The number of aromatic nitrogens is 3. The van der Waals surface area contributed by atoms with E-state index in [9.17, 15) is 14.7 Å². The quantitative estimate of drug-likeness (QED) is 0.668. The van der Waals surface area contributed by atoms with Gasteiger partial charge in [0.05, 0.1) is 25.4 Å². The first-order valence-corrected chi connectivity index (χ1v) is 6.86. The minimum Gasteiger partial charge on any atom is -0.480 e. The third kappa shape index (κ3) is 4.15. The molecular weight excluding hydrogens is 278 g/mol. The van der Waals surface area contributed by atoms with Crippen LogP contribution in [0.2, 0.25) is 0 Å². The molecule has 0 saturated carbocycles. The van der Waals surface area contributed by atoms with Crippen LogP contribution in [0.15, 0.2) is 6.20 Å². The molecule has 1 aliphatic heterocycles. The fraction of sp³-hybridized carbons (Fsp3) is 0.667. The molecule has 1 fully saturated rings. The minimum absolute atomic E-state index is 0.0395. The number of carboxylic acid groups (broad SMARTS) is 1. The second kappa shape index (κ2) is 7.02. The molecule has 1 atom stereocenters. The van der Waals surface area contributed by atoms with Gasteiger partial charge >= 0.3 is 12.0 Å². The molecular formula is C12H19N5O4. The van der Waals surface area contributed by atoms with Crippen molar-refractivity contribution in [2.45, 2.75) is 38.4 Å². The number of aliphatic hydroxyl groups is 1. The van der Waals surface area contributed by atoms with Crippen LogP contribution in [0.4, 0.5) is 4.79 Å². The van der Waals surface area contributed by atoms with Crippen molar-refractivity contribution < 1.29 is 19.8 Å². The molecule has 1 aromatic heterocycles. The number of hydrogen-bond acceptors (Lipinski definition) is 5. The van der Waals surface area contributed by atoms with Crippen LogP contribution in [-0.2, 0) is 17.9 Å². The van der Waals surface area contributed by atoms with E-state index in [0.717, 1.165) is 19.3 Å². The number of aliphatic hydroxyl groups excluding tert-OH is 1. The van der Waals surface area contributed by atoms with Crippen molar-refractivity contribution in [2.24, 2.45) is 0 Å². The highest BCUT2D eigenvalue weighted by Crippen LogP contribution is 2.16. The first-order chi connectivity index (χ1) is 10.1. The van der Waals surface area contributed by atoms with Crippen LogP contribution in [0, 0.1) is 0 Å². The van der Waals surface area contributed by atoms with E-state index in [1.54, 1.807) is 4.90 Å². The fourth-order valence-corrected chi connectivity index (χ4v) is 2.36. The number of urea groups is 1. The zero-order valence-electron chi connectivity index (χ0n) is 11.6. The van der Waals surface area contributed by atoms with Gasteiger partial charge in [-0.05, 0) is 19.3 Å². The number of piperidine rings is 1.